The van der Waals surface area contributed by atoms with E-state index in [1.807, 2.05) is 41.1 Å². The summed E-state index contributed by atoms with van der Waals surface area (Å²) in [7, 11) is 0. The predicted octanol–water partition coefficient (Wildman–Crippen LogP) is 4.76. The van der Waals surface area contributed by atoms with Gasteiger partial charge in [0.25, 0.3) is 5.91 Å². The number of para-hydroxylation sites is 1. The van der Waals surface area contributed by atoms with Gasteiger partial charge in [-0.3, -0.25) is 14.9 Å². The van der Waals surface area contributed by atoms with Crippen molar-refractivity contribution < 1.29 is 4.79 Å². The van der Waals surface area contributed by atoms with Gasteiger partial charge in [0, 0.05) is 23.2 Å². The molecule has 2 saturated heterocycles. The lowest BCUT2D eigenvalue weighted by Crippen LogP contribution is -2.44. The van der Waals surface area contributed by atoms with E-state index in [0.29, 0.717) is 11.5 Å². The van der Waals surface area contributed by atoms with Crippen LogP contribution in [0.3, 0.4) is 0 Å². The molecular weight excluding hydrogens is 346 g/mol. The van der Waals surface area contributed by atoms with Gasteiger partial charge in [0.05, 0.1) is 5.52 Å². The van der Waals surface area contributed by atoms with Crippen molar-refractivity contribution in [2.45, 2.75) is 44.1 Å². The Morgan fingerprint density at radius 3 is 2.64 bits per heavy atom. The second kappa shape index (κ2) is 7.44. The highest BCUT2D eigenvalue weighted by Crippen LogP contribution is 2.38. The minimum atomic E-state index is -0.0741. The van der Waals surface area contributed by atoms with Crippen molar-refractivity contribution in [2.75, 3.05) is 18.5 Å². The number of benzene rings is 2. The maximum absolute atomic E-state index is 12.7. The van der Waals surface area contributed by atoms with Gasteiger partial charge in [0.1, 0.15) is 0 Å². The Kier molecular flexibility index (Phi) is 4.65. The van der Waals surface area contributed by atoms with Gasteiger partial charge in [-0.15, -0.1) is 0 Å². The van der Waals surface area contributed by atoms with Crippen LogP contribution in [0.2, 0.25) is 0 Å². The minimum Gasteiger partial charge on any atom is -0.300 e. The van der Waals surface area contributed by atoms with Crippen molar-refractivity contribution in [3.8, 4) is 0 Å². The number of nitrogens with zero attached hydrogens (tertiary/aromatic N) is 2. The predicted molar refractivity (Wildman–Crippen MR) is 113 cm³/mol. The molecule has 0 saturated carbocycles. The van der Waals surface area contributed by atoms with Gasteiger partial charge < -0.3 is 4.90 Å². The Bertz CT molecular complexity index is 978. The number of fused-ring (bicyclic) bond motifs is 2. The zero-order valence-electron chi connectivity index (χ0n) is 16.2. The Morgan fingerprint density at radius 1 is 0.929 bits per heavy atom. The van der Waals surface area contributed by atoms with Gasteiger partial charge in [-0.1, -0.05) is 42.8 Å². The van der Waals surface area contributed by atoms with E-state index >= 15 is 0 Å². The summed E-state index contributed by atoms with van der Waals surface area (Å²) in [6.07, 6.45) is 8.65. The highest BCUT2D eigenvalue weighted by Gasteiger charge is 2.32. The number of piperidine rings is 2. The maximum Gasteiger partial charge on any atom is 0.270 e. The number of amides is 1. The molecule has 0 bridgehead atoms. The van der Waals surface area contributed by atoms with Gasteiger partial charge in [-0.2, -0.15) is 0 Å². The van der Waals surface area contributed by atoms with Crippen LogP contribution in [0.5, 0.6) is 0 Å². The molecule has 2 atom stereocenters. The molecule has 2 aliphatic rings. The van der Waals surface area contributed by atoms with Crippen LogP contribution in [0.15, 0.2) is 60.8 Å². The van der Waals surface area contributed by atoms with Gasteiger partial charge in [0.15, 0.2) is 0 Å². The summed E-state index contributed by atoms with van der Waals surface area (Å²) in [4.78, 5) is 15.4. The highest BCUT2D eigenvalue weighted by molar-refractivity contribution is 6.01. The van der Waals surface area contributed by atoms with E-state index in [4.69, 9.17) is 0 Å². The first-order valence-corrected chi connectivity index (χ1v) is 10.5. The second-order valence-electron chi connectivity index (χ2n) is 8.19. The average Bonchev–Trinajstić information content (AvgIpc) is 3.12. The van der Waals surface area contributed by atoms with E-state index in [9.17, 15) is 4.79 Å². The number of hydrogen-bond donors (Lipinski definition) is 1. The van der Waals surface area contributed by atoms with Crippen molar-refractivity contribution in [1.29, 1.82) is 0 Å². The average molecular weight is 374 g/mol. The number of hydrogen-bond acceptors (Lipinski definition) is 2. The zero-order chi connectivity index (χ0) is 18.9. The number of rotatable bonds is 3. The molecule has 2 fully saturated rings. The molecular formula is C24H27N3O. The smallest absolute Gasteiger partial charge is 0.270 e. The molecule has 2 unspecified atom stereocenters. The summed E-state index contributed by atoms with van der Waals surface area (Å²) in [5.74, 6) is 0.495. The fourth-order valence-corrected chi connectivity index (χ4v) is 5.06. The number of carbonyl (C=O) groups is 1. The Morgan fingerprint density at radius 2 is 1.75 bits per heavy atom. The van der Waals surface area contributed by atoms with Gasteiger partial charge >= 0.3 is 0 Å². The van der Waals surface area contributed by atoms with Crippen LogP contribution in [-0.4, -0.2) is 34.6 Å². The van der Waals surface area contributed by atoms with Crippen LogP contribution < -0.4 is 5.43 Å². The van der Waals surface area contributed by atoms with E-state index in [1.165, 1.54) is 56.1 Å². The molecule has 4 nitrogen and oxygen atoms in total. The lowest BCUT2D eigenvalue weighted by molar-refractivity contribution is 0.0975. The molecule has 1 N–H and O–H groups in total. The lowest BCUT2D eigenvalue weighted by Gasteiger charge is -2.42. The zero-order valence-corrected chi connectivity index (χ0v) is 16.2. The standard InChI is InChI=1S/C24H27N3O/c28-24(18-8-2-1-3-9-18)25-27-17-22(21-11-4-5-12-23(21)27)19-13-15-26-14-7-6-10-20(26)16-19/h1-5,8-9,11-12,17,19-20H,6-7,10,13-16H2,(H,25,28). The number of carbonyl (C=O) groups excluding carboxylic acids is 1. The molecule has 0 aliphatic carbocycles. The normalized spacial score (nSPS) is 22.7. The third-order valence-corrected chi connectivity index (χ3v) is 6.51. The summed E-state index contributed by atoms with van der Waals surface area (Å²) < 4.78 is 1.92. The van der Waals surface area contributed by atoms with Crippen molar-refractivity contribution >= 4 is 16.8 Å². The second-order valence-corrected chi connectivity index (χ2v) is 8.19. The first kappa shape index (κ1) is 17.5. The van der Waals surface area contributed by atoms with E-state index in [2.05, 4.69) is 34.7 Å². The van der Waals surface area contributed by atoms with Crippen molar-refractivity contribution in [2.24, 2.45) is 0 Å². The first-order chi connectivity index (χ1) is 13.8. The summed E-state index contributed by atoms with van der Waals surface area (Å²) in [5.41, 5.74) is 6.22. The molecule has 0 spiro atoms. The quantitative estimate of drug-likeness (QED) is 0.719. The van der Waals surface area contributed by atoms with Gasteiger partial charge in [-0.25, -0.2) is 0 Å². The fourth-order valence-electron chi connectivity index (χ4n) is 5.06. The van der Waals surface area contributed by atoms with Gasteiger partial charge in [0.2, 0.25) is 0 Å². The van der Waals surface area contributed by atoms with E-state index in [1.54, 1.807) is 0 Å². The molecule has 0 radical (unpaired) electrons. The van der Waals surface area contributed by atoms with Crippen LogP contribution >= 0.6 is 0 Å². The van der Waals surface area contributed by atoms with Crippen molar-refractivity contribution in [3.63, 3.8) is 0 Å². The van der Waals surface area contributed by atoms with E-state index in [-0.39, 0.29) is 5.91 Å². The molecule has 3 heterocycles. The lowest BCUT2D eigenvalue weighted by atomic mass is 9.82. The van der Waals surface area contributed by atoms with Gasteiger partial charge in [-0.05, 0) is 68.5 Å². The first-order valence-electron chi connectivity index (χ1n) is 10.5. The summed E-state index contributed by atoms with van der Waals surface area (Å²) in [6, 6.07) is 18.6. The van der Waals surface area contributed by atoms with Crippen molar-refractivity contribution in [1.82, 2.24) is 9.58 Å². The van der Waals surface area contributed by atoms with E-state index < -0.39 is 0 Å². The SMILES string of the molecule is O=C(Nn1cc(C2CCN3CCCCC3C2)c2ccccc21)c1ccccc1. The summed E-state index contributed by atoms with van der Waals surface area (Å²) >= 11 is 0. The molecule has 144 valence electrons. The minimum absolute atomic E-state index is 0.0741. The van der Waals surface area contributed by atoms with Crippen molar-refractivity contribution in [3.05, 3.63) is 71.9 Å². The summed E-state index contributed by atoms with van der Waals surface area (Å²) in [5, 5.41) is 1.27. The molecule has 4 heteroatoms. The molecule has 28 heavy (non-hydrogen) atoms. The van der Waals surface area contributed by atoms with Crippen LogP contribution in [0.25, 0.3) is 10.9 Å². The number of nitrogens with one attached hydrogen (secondary N) is 1. The molecule has 2 aromatic carbocycles. The maximum atomic E-state index is 12.7. The van der Waals surface area contributed by atoms with Crippen LogP contribution in [-0.2, 0) is 0 Å². The molecule has 1 aromatic heterocycles. The summed E-state index contributed by atoms with van der Waals surface area (Å²) in [6.45, 7) is 2.47. The van der Waals surface area contributed by atoms with E-state index in [0.717, 1.165) is 11.6 Å². The Hall–Kier alpha value is -2.59. The Labute approximate surface area is 166 Å². The third-order valence-electron chi connectivity index (χ3n) is 6.51. The third kappa shape index (κ3) is 3.22. The Balaban J connectivity index is 1.45. The molecule has 3 aromatic rings. The topological polar surface area (TPSA) is 37.3 Å². The van der Waals surface area contributed by atoms with Crippen LogP contribution in [0.4, 0.5) is 0 Å². The highest BCUT2D eigenvalue weighted by atomic mass is 16.2. The fraction of sp³-hybridized carbons (Fsp3) is 0.375. The van der Waals surface area contributed by atoms with Crippen LogP contribution in [0, 0.1) is 0 Å². The molecule has 2 aliphatic heterocycles. The number of aromatic nitrogens is 1. The van der Waals surface area contributed by atoms with Crippen LogP contribution in [0.1, 0.15) is 53.9 Å². The monoisotopic (exact) mass is 373 g/mol. The largest absolute Gasteiger partial charge is 0.300 e. The molecule has 5 rings (SSSR count). The molecule has 1 amide bonds.